The predicted octanol–water partition coefficient (Wildman–Crippen LogP) is 3.38. The number of carbonyl (C=O) groups is 1. The highest BCUT2D eigenvalue weighted by atomic mass is 127. The zero-order valence-electron chi connectivity index (χ0n) is 18.2. The maximum absolute atomic E-state index is 12.0. The minimum absolute atomic E-state index is 0. The Bertz CT molecular complexity index is 518. The number of amides is 1. The van der Waals surface area contributed by atoms with Crippen LogP contribution in [0.2, 0.25) is 0 Å². The first-order chi connectivity index (χ1) is 12.8. The quantitative estimate of drug-likeness (QED) is 0.312. The summed E-state index contributed by atoms with van der Waals surface area (Å²) >= 11 is 0. The van der Waals surface area contributed by atoms with Crippen molar-refractivity contribution in [2.75, 3.05) is 39.9 Å². The van der Waals surface area contributed by atoms with Crippen LogP contribution in [0.5, 0.6) is 0 Å². The first kappa shape index (κ1) is 25.3. The van der Waals surface area contributed by atoms with Crippen LogP contribution in [0.15, 0.2) is 4.99 Å². The summed E-state index contributed by atoms with van der Waals surface area (Å²) < 4.78 is 10.7. The summed E-state index contributed by atoms with van der Waals surface area (Å²) in [5.41, 5.74) is -0.164. The van der Waals surface area contributed by atoms with Crippen molar-refractivity contribution in [3.63, 3.8) is 0 Å². The third kappa shape index (κ3) is 7.93. The standard InChI is InChI=1S/C20H38N4O3.HI/c1-6-21-17(22-15-20(9-7-10-20)11-13-26-5)24-12-8-16(14-24)23-18(25)27-19(2,3)4;/h16H,6-15H2,1-5H3,(H,21,22)(H,23,25);1H/t16-;/m1./s1. The molecule has 2 fully saturated rings. The van der Waals surface area contributed by atoms with Gasteiger partial charge in [0.1, 0.15) is 5.60 Å². The number of halogens is 1. The van der Waals surface area contributed by atoms with Crippen molar-refractivity contribution in [2.24, 2.45) is 10.4 Å². The van der Waals surface area contributed by atoms with Crippen molar-refractivity contribution in [3.8, 4) is 0 Å². The number of nitrogens with one attached hydrogen (secondary N) is 2. The molecular weight excluding hydrogens is 471 g/mol. The topological polar surface area (TPSA) is 75.2 Å². The van der Waals surface area contributed by atoms with Gasteiger partial charge in [0.05, 0.1) is 6.04 Å². The molecule has 8 heteroatoms. The van der Waals surface area contributed by atoms with Gasteiger partial charge in [-0.1, -0.05) is 6.42 Å². The van der Waals surface area contributed by atoms with Crippen molar-refractivity contribution >= 4 is 36.0 Å². The van der Waals surface area contributed by atoms with E-state index in [-0.39, 0.29) is 36.1 Å². The number of alkyl carbamates (subject to hydrolysis) is 1. The second kappa shape index (κ2) is 11.4. The Kier molecular flexibility index (Phi) is 10.3. The maximum atomic E-state index is 12.0. The van der Waals surface area contributed by atoms with Crippen LogP contribution in [0.25, 0.3) is 0 Å². The van der Waals surface area contributed by atoms with Gasteiger partial charge in [0.25, 0.3) is 0 Å². The lowest BCUT2D eigenvalue weighted by Crippen LogP contribution is -2.45. The fraction of sp³-hybridized carbons (Fsp3) is 0.900. The third-order valence-corrected chi connectivity index (χ3v) is 5.36. The molecule has 0 radical (unpaired) electrons. The minimum atomic E-state index is -0.474. The SMILES string of the molecule is CCNC(=NCC1(CCOC)CCC1)N1CC[C@@H](NC(=O)OC(C)(C)C)C1.I. The number of likely N-dealkylation sites (tertiary alicyclic amines) is 1. The predicted molar refractivity (Wildman–Crippen MR) is 124 cm³/mol. The molecule has 1 atom stereocenters. The summed E-state index contributed by atoms with van der Waals surface area (Å²) in [6, 6.07) is 0.0925. The van der Waals surface area contributed by atoms with Gasteiger partial charge in [0, 0.05) is 39.9 Å². The highest BCUT2D eigenvalue weighted by Crippen LogP contribution is 2.44. The van der Waals surface area contributed by atoms with Gasteiger partial charge in [-0.25, -0.2) is 4.79 Å². The fourth-order valence-electron chi connectivity index (χ4n) is 3.70. The number of rotatable bonds is 7. The summed E-state index contributed by atoms with van der Waals surface area (Å²) in [5.74, 6) is 0.953. The van der Waals surface area contributed by atoms with E-state index in [9.17, 15) is 4.79 Å². The Morgan fingerprint density at radius 2 is 2.04 bits per heavy atom. The Morgan fingerprint density at radius 3 is 2.57 bits per heavy atom. The minimum Gasteiger partial charge on any atom is -0.444 e. The van der Waals surface area contributed by atoms with E-state index in [2.05, 4.69) is 22.5 Å². The van der Waals surface area contributed by atoms with Gasteiger partial charge in [0.15, 0.2) is 5.96 Å². The van der Waals surface area contributed by atoms with Crippen LogP contribution in [0.1, 0.15) is 59.8 Å². The van der Waals surface area contributed by atoms with Crippen molar-refractivity contribution in [2.45, 2.75) is 71.4 Å². The molecule has 1 heterocycles. The number of hydrogen-bond acceptors (Lipinski definition) is 4. The number of carbonyl (C=O) groups excluding carboxylic acids is 1. The number of ether oxygens (including phenoxy) is 2. The smallest absolute Gasteiger partial charge is 0.407 e. The Hall–Kier alpha value is -0.770. The first-order valence-corrected chi connectivity index (χ1v) is 10.3. The summed E-state index contributed by atoms with van der Waals surface area (Å²) in [4.78, 5) is 19.2. The molecule has 0 aromatic heterocycles. The molecule has 28 heavy (non-hydrogen) atoms. The summed E-state index contributed by atoms with van der Waals surface area (Å²) in [6.07, 6.45) is 5.41. The molecular formula is C20H39IN4O3. The zero-order chi connectivity index (χ0) is 19.9. The second-order valence-corrected chi connectivity index (χ2v) is 8.84. The van der Waals surface area contributed by atoms with Crippen LogP contribution in [-0.4, -0.2) is 68.5 Å². The molecule has 2 rings (SSSR count). The molecule has 0 aromatic carbocycles. The number of methoxy groups -OCH3 is 1. The van der Waals surface area contributed by atoms with E-state index in [4.69, 9.17) is 14.5 Å². The average molecular weight is 510 g/mol. The molecule has 7 nitrogen and oxygen atoms in total. The van der Waals surface area contributed by atoms with Gasteiger partial charge >= 0.3 is 6.09 Å². The molecule has 0 bridgehead atoms. The summed E-state index contributed by atoms with van der Waals surface area (Å²) in [5, 5.41) is 6.40. The van der Waals surface area contributed by atoms with E-state index in [0.29, 0.717) is 5.41 Å². The van der Waals surface area contributed by atoms with Crippen LogP contribution in [0.4, 0.5) is 4.79 Å². The molecule has 1 saturated carbocycles. The normalized spacial score (nSPS) is 21.5. The Labute approximate surface area is 187 Å². The van der Waals surface area contributed by atoms with Crippen molar-refractivity contribution in [3.05, 3.63) is 0 Å². The number of hydrogen-bond donors (Lipinski definition) is 2. The monoisotopic (exact) mass is 510 g/mol. The van der Waals surface area contributed by atoms with Gasteiger partial charge in [-0.3, -0.25) is 4.99 Å². The van der Waals surface area contributed by atoms with Crippen molar-refractivity contribution in [1.29, 1.82) is 0 Å². The molecule has 2 N–H and O–H groups in total. The molecule has 0 spiro atoms. The lowest BCUT2D eigenvalue weighted by molar-refractivity contribution is 0.0507. The molecule has 1 amide bonds. The van der Waals surface area contributed by atoms with Crippen LogP contribution >= 0.6 is 24.0 Å². The van der Waals surface area contributed by atoms with Gasteiger partial charge in [0.2, 0.25) is 0 Å². The van der Waals surface area contributed by atoms with Crippen LogP contribution < -0.4 is 10.6 Å². The number of aliphatic imine (C=N–C) groups is 1. The van der Waals surface area contributed by atoms with E-state index >= 15 is 0 Å². The molecule has 1 aliphatic heterocycles. The lowest BCUT2D eigenvalue weighted by atomic mass is 9.67. The van der Waals surface area contributed by atoms with E-state index in [1.165, 1.54) is 19.3 Å². The molecule has 2 aliphatic rings. The zero-order valence-corrected chi connectivity index (χ0v) is 20.5. The van der Waals surface area contributed by atoms with Gasteiger partial charge in [-0.05, 0) is 58.8 Å². The second-order valence-electron chi connectivity index (χ2n) is 8.84. The molecule has 164 valence electrons. The van der Waals surface area contributed by atoms with Crippen LogP contribution in [0.3, 0.4) is 0 Å². The van der Waals surface area contributed by atoms with Crippen LogP contribution in [-0.2, 0) is 9.47 Å². The molecule has 1 aliphatic carbocycles. The largest absolute Gasteiger partial charge is 0.444 e. The van der Waals surface area contributed by atoms with E-state index in [1.54, 1.807) is 7.11 Å². The highest BCUT2D eigenvalue weighted by molar-refractivity contribution is 14.0. The lowest BCUT2D eigenvalue weighted by Gasteiger charge is -2.41. The number of guanidine groups is 1. The van der Waals surface area contributed by atoms with E-state index in [0.717, 1.165) is 51.6 Å². The van der Waals surface area contributed by atoms with Crippen molar-refractivity contribution in [1.82, 2.24) is 15.5 Å². The van der Waals surface area contributed by atoms with E-state index < -0.39 is 5.60 Å². The third-order valence-electron chi connectivity index (χ3n) is 5.36. The number of nitrogens with zero attached hydrogens (tertiary/aromatic N) is 2. The van der Waals surface area contributed by atoms with Crippen molar-refractivity contribution < 1.29 is 14.3 Å². The van der Waals surface area contributed by atoms with Crippen LogP contribution in [0, 0.1) is 5.41 Å². The Morgan fingerprint density at radius 1 is 1.32 bits per heavy atom. The molecule has 1 saturated heterocycles. The van der Waals surface area contributed by atoms with Gasteiger partial charge in [-0.15, -0.1) is 24.0 Å². The average Bonchev–Trinajstić information content (AvgIpc) is 2.98. The fourth-order valence-corrected chi connectivity index (χ4v) is 3.70. The summed E-state index contributed by atoms with van der Waals surface area (Å²) in [6.45, 7) is 11.9. The highest BCUT2D eigenvalue weighted by Gasteiger charge is 2.37. The van der Waals surface area contributed by atoms with E-state index in [1.807, 2.05) is 20.8 Å². The summed E-state index contributed by atoms with van der Waals surface area (Å²) in [7, 11) is 1.77. The Balaban J connectivity index is 0.00000392. The molecule has 0 unspecified atom stereocenters. The molecule has 0 aromatic rings. The maximum Gasteiger partial charge on any atom is 0.407 e. The van der Waals surface area contributed by atoms with Gasteiger partial charge < -0.3 is 25.0 Å². The first-order valence-electron chi connectivity index (χ1n) is 10.3. The van der Waals surface area contributed by atoms with Gasteiger partial charge in [-0.2, -0.15) is 0 Å².